The van der Waals surface area contributed by atoms with Crippen molar-refractivity contribution < 1.29 is 28.7 Å². The van der Waals surface area contributed by atoms with Gasteiger partial charge in [0.15, 0.2) is 0 Å². The summed E-state index contributed by atoms with van der Waals surface area (Å²) in [6, 6.07) is 15.1. The molecule has 1 saturated carbocycles. The molecule has 3 saturated heterocycles. The molecular formula is C45H51ClN8O6. The Morgan fingerprint density at radius 1 is 0.900 bits per heavy atom. The Bertz CT molecular complexity index is 2240. The number of nitrogens with zero attached hydrogens (tertiary/aromatic N) is 6. The normalized spacial score (nSPS) is 24.1. The van der Waals surface area contributed by atoms with Crippen LogP contribution in [0, 0.1) is 28.1 Å². The highest BCUT2D eigenvalue weighted by Gasteiger charge is 2.64. The molecule has 4 aliphatic heterocycles. The number of carbonyl (C=O) groups is 5. The van der Waals surface area contributed by atoms with E-state index in [4.69, 9.17) is 21.3 Å². The molecule has 2 aromatic carbocycles. The van der Waals surface area contributed by atoms with Crippen LogP contribution in [-0.2, 0) is 9.59 Å². The molecule has 0 radical (unpaired) electrons. The molecule has 5 aliphatic rings. The fraction of sp³-hybridized carbons (Fsp3) is 0.489. The van der Waals surface area contributed by atoms with E-state index in [0.29, 0.717) is 38.9 Å². The van der Waals surface area contributed by atoms with Crippen molar-refractivity contribution in [2.75, 3.05) is 55.6 Å². The number of amides is 5. The zero-order valence-electron chi connectivity index (χ0n) is 34.5. The number of carbonyl (C=O) groups excluding carboxylic acids is 5. The molecule has 0 bridgehead atoms. The molecule has 8 rings (SSSR count). The standard InChI is InChI=1S/C45H51ClN8O6/c1-44(2)42(45(3,4)43(44)60-31-8-5-28(25-47)34(46)24-31)50-38(56)29-6-11-36(48-26-29)53-17-14-27(15-18-53)13-16-51-19-21-52(22-20-51)30-7-9-32-33(23-30)41(59)54(40(32)58)35-10-12-37(55)49-39(35)57/h5-9,11,23-24,26-27,35,42-43H,10,12-22H2,1-4H3,(H,50,56)(H,49,55,57). The van der Waals surface area contributed by atoms with Gasteiger partial charge in [0.2, 0.25) is 11.8 Å². The molecule has 14 nitrogen and oxygen atoms in total. The monoisotopic (exact) mass is 834 g/mol. The Hall–Kier alpha value is -5.52. The third-order valence-electron chi connectivity index (χ3n) is 13.4. The quantitative estimate of drug-likeness (QED) is 0.263. The average molecular weight is 835 g/mol. The van der Waals surface area contributed by atoms with Crippen LogP contribution in [0.4, 0.5) is 11.5 Å². The van der Waals surface area contributed by atoms with Crippen LogP contribution in [0.2, 0.25) is 5.02 Å². The van der Waals surface area contributed by atoms with Crippen molar-refractivity contribution in [3.8, 4) is 11.8 Å². The molecule has 4 fully saturated rings. The summed E-state index contributed by atoms with van der Waals surface area (Å²) in [6.45, 7) is 14.6. The van der Waals surface area contributed by atoms with Gasteiger partial charge in [-0.25, -0.2) is 4.98 Å². The number of hydrogen-bond acceptors (Lipinski definition) is 11. The number of anilines is 2. The lowest BCUT2D eigenvalue weighted by atomic mass is 9.49. The number of piperidine rings is 2. The van der Waals surface area contributed by atoms with E-state index in [1.165, 1.54) is 0 Å². The Morgan fingerprint density at radius 2 is 1.62 bits per heavy atom. The van der Waals surface area contributed by atoms with Crippen LogP contribution in [0.1, 0.15) is 96.4 Å². The van der Waals surface area contributed by atoms with Gasteiger partial charge in [-0.2, -0.15) is 5.26 Å². The van der Waals surface area contributed by atoms with E-state index in [-0.39, 0.29) is 41.7 Å². The number of aromatic nitrogens is 1. The summed E-state index contributed by atoms with van der Waals surface area (Å²) in [6.07, 6.45) is 4.96. The molecule has 314 valence electrons. The predicted octanol–water partition coefficient (Wildman–Crippen LogP) is 5.05. The molecule has 1 aliphatic carbocycles. The largest absolute Gasteiger partial charge is 0.489 e. The smallest absolute Gasteiger partial charge is 0.262 e. The molecular weight excluding hydrogens is 784 g/mol. The highest BCUT2D eigenvalue weighted by Crippen LogP contribution is 2.55. The van der Waals surface area contributed by atoms with Gasteiger partial charge in [0.05, 0.1) is 27.3 Å². The summed E-state index contributed by atoms with van der Waals surface area (Å²) in [4.78, 5) is 76.7. The fourth-order valence-electron chi connectivity index (χ4n) is 10.2. The molecule has 5 heterocycles. The van der Waals surface area contributed by atoms with Crippen molar-refractivity contribution in [1.29, 1.82) is 5.26 Å². The molecule has 1 aromatic heterocycles. The summed E-state index contributed by atoms with van der Waals surface area (Å²) < 4.78 is 6.37. The van der Waals surface area contributed by atoms with Crippen LogP contribution in [0.3, 0.4) is 0 Å². The maximum Gasteiger partial charge on any atom is 0.262 e. The van der Waals surface area contributed by atoms with E-state index in [0.717, 1.165) is 81.5 Å². The summed E-state index contributed by atoms with van der Waals surface area (Å²) in [5, 5.41) is 15.1. The maximum atomic E-state index is 13.5. The first-order chi connectivity index (χ1) is 28.6. The zero-order chi connectivity index (χ0) is 42.5. The lowest BCUT2D eigenvalue weighted by molar-refractivity contribution is -0.164. The van der Waals surface area contributed by atoms with Crippen LogP contribution in [0.25, 0.3) is 0 Å². The molecule has 5 amide bonds. The van der Waals surface area contributed by atoms with Crippen molar-refractivity contribution in [3.05, 3.63) is 82.0 Å². The van der Waals surface area contributed by atoms with Crippen molar-refractivity contribution in [2.24, 2.45) is 16.7 Å². The second-order valence-corrected chi connectivity index (χ2v) is 18.3. The first-order valence-electron chi connectivity index (χ1n) is 20.9. The number of imide groups is 2. The summed E-state index contributed by atoms with van der Waals surface area (Å²) in [7, 11) is 0. The van der Waals surface area contributed by atoms with Gasteiger partial charge in [0.25, 0.3) is 17.7 Å². The lowest BCUT2D eigenvalue weighted by Gasteiger charge is -2.63. The SMILES string of the molecule is CC1(C)C(NC(=O)c2ccc(N3CCC(CCN4CCN(c5ccc6c(c5)C(=O)N(C5CCC(=O)NC5=O)C6=O)CC4)CC3)nc2)C(C)(C)C1Oc1ccc(C#N)c(Cl)c1. The van der Waals surface area contributed by atoms with Crippen molar-refractivity contribution in [2.45, 2.75) is 78.0 Å². The molecule has 1 atom stereocenters. The van der Waals surface area contributed by atoms with Gasteiger partial charge in [-0.05, 0) is 80.6 Å². The third-order valence-corrected chi connectivity index (χ3v) is 13.7. The van der Waals surface area contributed by atoms with Crippen LogP contribution < -0.4 is 25.2 Å². The molecule has 0 spiro atoms. The molecule has 2 N–H and O–H groups in total. The number of rotatable bonds is 10. The van der Waals surface area contributed by atoms with E-state index in [1.54, 1.807) is 36.5 Å². The molecule has 15 heteroatoms. The van der Waals surface area contributed by atoms with Gasteiger partial charge in [-0.15, -0.1) is 0 Å². The van der Waals surface area contributed by atoms with Crippen LogP contribution in [0.5, 0.6) is 5.75 Å². The predicted molar refractivity (Wildman–Crippen MR) is 225 cm³/mol. The van der Waals surface area contributed by atoms with Gasteiger partial charge in [0.1, 0.15) is 29.8 Å². The van der Waals surface area contributed by atoms with Crippen LogP contribution in [0.15, 0.2) is 54.7 Å². The van der Waals surface area contributed by atoms with Crippen LogP contribution >= 0.6 is 11.6 Å². The van der Waals surface area contributed by atoms with E-state index in [9.17, 15) is 29.2 Å². The molecule has 1 unspecified atom stereocenters. The van der Waals surface area contributed by atoms with Crippen molar-refractivity contribution in [1.82, 2.24) is 25.4 Å². The first kappa shape index (κ1) is 41.2. The van der Waals surface area contributed by atoms with E-state index < -0.39 is 29.7 Å². The Labute approximate surface area is 355 Å². The number of hydrogen-bond donors (Lipinski definition) is 2. The maximum absolute atomic E-state index is 13.5. The van der Waals surface area contributed by atoms with Crippen LogP contribution in [-0.4, -0.2) is 108 Å². The Balaban J connectivity index is 0.769. The van der Waals surface area contributed by atoms with Gasteiger partial charge < -0.3 is 19.9 Å². The second kappa shape index (κ2) is 16.2. The van der Waals surface area contributed by atoms with E-state index >= 15 is 0 Å². The summed E-state index contributed by atoms with van der Waals surface area (Å²) in [5.74, 6) is -0.0643. The minimum absolute atomic E-state index is 0.0903. The molecule has 60 heavy (non-hydrogen) atoms. The number of halogens is 1. The Morgan fingerprint density at radius 3 is 2.27 bits per heavy atom. The minimum Gasteiger partial charge on any atom is -0.489 e. The zero-order valence-corrected chi connectivity index (χ0v) is 35.3. The van der Waals surface area contributed by atoms with Crippen molar-refractivity contribution in [3.63, 3.8) is 0 Å². The van der Waals surface area contributed by atoms with E-state index in [1.807, 2.05) is 18.2 Å². The van der Waals surface area contributed by atoms with Gasteiger partial charge in [0, 0.05) is 80.5 Å². The van der Waals surface area contributed by atoms with Gasteiger partial charge >= 0.3 is 0 Å². The summed E-state index contributed by atoms with van der Waals surface area (Å²) in [5.41, 5.74) is 1.65. The number of nitrogens with one attached hydrogen (secondary N) is 2. The highest BCUT2D eigenvalue weighted by atomic mass is 35.5. The second-order valence-electron chi connectivity index (χ2n) is 17.9. The topological polar surface area (TPSA) is 168 Å². The van der Waals surface area contributed by atoms with Crippen molar-refractivity contribution >= 4 is 52.6 Å². The average Bonchev–Trinajstić information content (AvgIpc) is 3.49. The Kier molecular flexibility index (Phi) is 11.1. The fourth-order valence-corrected chi connectivity index (χ4v) is 10.4. The number of piperazine rings is 1. The number of pyridine rings is 1. The van der Waals surface area contributed by atoms with Gasteiger partial charge in [-0.1, -0.05) is 39.3 Å². The summed E-state index contributed by atoms with van der Waals surface area (Å²) >= 11 is 6.25. The number of fused-ring (bicyclic) bond motifs is 1. The molecule has 3 aromatic rings. The lowest BCUT2D eigenvalue weighted by Crippen LogP contribution is -2.74. The van der Waals surface area contributed by atoms with Gasteiger partial charge in [-0.3, -0.25) is 39.1 Å². The minimum atomic E-state index is -0.974. The first-order valence-corrected chi connectivity index (χ1v) is 21.2. The highest BCUT2D eigenvalue weighted by molar-refractivity contribution is 6.31. The van der Waals surface area contributed by atoms with E-state index in [2.05, 4.69) is 59.1 Å². The third kappa shape index (κ3) is 7.69. The number of ether oxygens (including phenoxy) is 1. The number of nitriles is 1. The number of benzene rings is 2.